The number of nitrogens with zero attached hydrogens (tertiary/aromatic N) is 3. The first-order valence-corrected chi connectivity index (χ1v) is 11.9. The molecule has 0 saturated heterocycles. The molecule has 2 aromatic carbocycles. The lowest BCUT2D eigenvalue weighted by Gasteiger charge is -2.27. The Morgan fingerprint density at radius 2 is 1.67 bits per heavy atom. The molecule has 164 valence electrons. The summed E-state index contributed by atoms with van der Waals surface area (Å²) in [7, 11) is -1.17. The molecule has 0 aliphatic heterocycles. The van der Waals surface area contributed by atoms with Crippen LogP contribution in [0.15, 0.2) is 57.9 Å². The van der Waals surface area contributed by atoms with Crippen LogP contribution in [0.25, 0.3) is 0 Å². The topological polar surface area (TPSA) is 70.2 Å². The SMILES string of the molecule is CCN(CC)CCN(C(=O)c1ccc(S(=O)(=O)N(C)OC)cc1)c1cccc(Br)c1. The molecule has 2 aromatic rings. The smallest absolute Gasteiger partial charge is 0.264 e. The third-order valence-electron chi connectivity index (χ3n) is 4.89. The van der Waals surface area contributed by atoms with E-state index in [-0.39, 0.29) is 10.8 Å². The number of hydroxylamine groups is 1. The third kappa shape index (κ3) is 5.89. The van der Waals surface area contributed by atoms with E-state index in [1.54, 1.807) is 4.90 Å². The minimum Gasteiger partial charge on any atom is -0.307 e. The minimum atomic E-state index is -3.76. The normalized spacial score (nSPS) is 11.8. The van der Waals surface area contributed by atoms with Crippen molar-refractivity contribution >= 4 is 37.5 Å². The van der Waals surface area contributed by atoms with E-state index in [1.807, 2.05) is 24.3 Å². The van der Waals surface area contributed by atoms with Gasteiger partial charge in [0.2, 0.25) is 0 Å². The van der Waals surface area contributed by atoms with Gasteiger partial charge in [-0.05, 0) is 55.6 Å². The van der Waals surface area contributed by atoms with Gasteiger partial charge in [0, 0.05) is 35.9 Å². The summed E-state index contributed by atoms with van der Waals surface area (Å²) < 4.78 is 26.4. The van der Waals surface area contributed by atoms with E-state index in [9.17, 15) is 13.2 Å². The molecule has 0 atom stereocenters. The summed E-state index contributed by atoms with van der Waals surface area (Å²) in [5, 5.41) is 0. The Hall–Kier alpha value is -1.78. The predicted molar refractivity (Wildman–Crippen MR) is 122 cm³/mol. The fourth-order valence-corrected chi connectivity index (χ4v) is 4.31. The van der Waals surface area contributed by atoms with Gasteiger partial charge in [-0.2, -0.15) is 0 Å². The van der Waals surface area contributed by atoms with E-state index >= 15 is 0 Å². The first-order valence-electron chi connectivity index (χ1n) is 9.67. The standard InChI is InChI=1S/C21H28BrN3O4S/c1-5-24(6-2)14-15-25(19-9-7-8-18(22)16-19)21(26)17-10-12-20(13-11-17)30(27,28)23(3)29-4/h7-13,16H,5-6,14-15H2,1-4H3. The highest BCUT2D eigenvalue weighted by atomic mass is 79.9. The summed E-state index contributed by atoms with van der Waals surface area (Å²) >= 11 is 3.46. The number of rotatable bonds is 10. The van der Waals surface area contributed by atoms with Crippen LogP contribution in [0.3, 0.4) is 0 Å². The van der Waals surface area contributed by atoms with Crippen molar-refractivity contribution in [2.45, 2.75) is 18.7 Å². The Kier molecular flexibility index (Phi) is 8.99. The number of halogens is 1. The zero-order chi connectivity index (χ0) is 22.3. The summed E-state index contributed by atoms with van der Waals surface area (Å²) in [5.41, 5.74) is 1.19. The molecular formula is C21H28BrN3O4S. The van der Waals surface area contributed by atoms with Crippen LogP contribution in [0.4, 0.5) is 5.69 Å². The van der Waals surface area contributed by atoms with Crippen molar-refractivity contribution in [1.82, 2.24) is 9.37 Å². The summed E-state index contributed by atoms with van der Waals surface area (Å²) in [6, 6.07) is 13.5. The summed E-state index contributed by atoms with van der Waals surface area (Å²) in [6.07, 6.45) is 0. The number of anilines is 1. The number of hydrogen-bond donors (Lipinski definition) is 0. The maximum atomic E-state index is 13.3. The maximum absolute atomic E-state index is 13.3. The number of carbonyl (C=O) groups excluding carboxylic acids is 1. The second kappa shape index (κ2) is 11.0. The summed E-state index contributed by atoms with van der Waals surface area (Å²) in [4.78, 5) is 22.1. The monoisotopic (exact) mass is 497 g/mol. The van der Waals surface area contributed by atoms with Gasteiger partial charge in [-0.3, -0.25) is 9.63 Å². The highest BCUT2D eigenvalue weighted by molar-refractivity contribution is 9.10. The van der Waals surface area contributed by atoms with E-state index < -0.39 is 10.0 Å². The van der Waals surface area contributed by atoms with Gasteiger partial charge in [0.15, 0.2) is 0 Å². The highest BCUT2D eigenvalue weighted by Gasteiger charge is 2.23. The zero-order valence-corrected chi connectivity index (χ0v) is 20.1. The van der Waals surface area contributed by atoms with Crippen LogP contribution in [0, 0.1) is 0 Å². The quantitative estimate of drug-likeness (QED) is 0.468. The molecular weight excluding hydrogens is 470 g/mol. The molecule has 0 unspecified atom stereocenters. The Bertz CT molecular complexity index is 947. The first-order chi connectivity index (χ1) is 14.2. The van der Waals surface area contributed by atoms with Crippen LogP contribution in [-0.4, -0.2) is 64.0 Å². The average Bonchev–Trinajstić information content (AvgIpc) is 2.76. The van der Waals surface area contributed by atoms with Crippen molar-refractivity contribution < 1.29 is 18.0 Å². The van der Waals surface area contributed by atoms with Gasteiger partial charge in [-0.25, -0.2) is 8.42 Å². The maximum Gasteiger partial charge on any atom is 0.264 e. The lowest BCUT2D eigenvalue weighted by molar-refractivity contribution is -0.0258. The van der Waals surface area contributed by atoms with Gasteiger partial charge < -0.3 is 9.80 Å². The average molecular weight is 498 g/mol. The number of sulfonamides is 1. The van der Waals surface area contributed by atoms with Crippen LogP contribution in [0.5, 0.6) is 0 Å². The van der Waals surface area contributed by atoms with E-state index in [1.165, 1.54) is 38.4 Å². The van der Waals surface area contributed by atoms with Crippen LogP contribution in [0.2, 0.25) is 0 Å². The molecule has 0 radical (unpaired) electrons. The fraction of sp³-hybridized carbons (Fsp3) is 0.381. The van der Waals surface area contributed by atoms with Gasteiger partial charge in [0.05, 0.1) is 12.0 Å². The molecule has 30 heavy (non-hydrogen) atoms. The second-order valence-electron chi connectivity index (χ2n) is 6.59. The molecule has 0 aliphatic carbocycles. The lowest BCUT2D eigenvalue weighted by atomic mass is 10.1. The van der Waals surface area contributed by atoms with Gasteiger partial charge in [-0.1, -0.05) is 40.3 Å². The van der Waals surface area contributed by atoms with Crippen molar-refractivity contribution in [1.29, 1.82) is 0 Å². The van der Waals surface area contributed by atoms with Crippen molar-refractivity contribution in [3.05, 3.63) is 58.6 Å². The van der Waals surface area contributed by atoms with Crippen molar-refractivity contribution in [2.24, 2.45) is 0 Å². The van der Waals surface area contributed by atoms with Crippen LogP contribution in [-0.2, 0) is 14.9 Å². The van der Waals surface area contributed by atoms with E-state index in [0.29, 0.717) is 12.1 Å². The van der Waals surface area contributed by atoms with Gasteiger partial charge in [-0.15, -0.1) is 0 Å². The molecule has 0 saturated carbocycles. The second-order valence-corrected chi connectivity index (χ2v) is 9.44. The van der Waals surface area contributed by atoms with Crippen LogP contribution < -0.4 is 4.90 Å². The number of hydrogen-bond acceptors (Lipinski definition) is 5. The number of carbonyl (C=O) groups is 1. The number of benzene rings is 2. The van der Waals surface area contributed by atoms with Crippen molar-refractivity contribution in [3.63, 3.8) is 0 Å². The minimum absolute atomic E-state index is 0.0561. The molecule has 0 aliphatic rings. The van der Waals surface area contributed by atoms with Crippen LogP contribution >= 0.6 is 15.9 Å². The van der Waals surface area contributed by atoms with Gasteiger partial charge in [0.1, 0.15) is 0 Å². The first kappa shape index (κ1) is 24.5. The Morgan fingerprint density at radius 1 is 1.03 bits per heavy atom. The molecule has 0 fully saturated rings. The molecule has 1 amide bonds. The molecule has 0 aromatic heterocycles. The molecule has 9 heteroatoms. The largest absolute Gasteiger partial charge is 0.307 e. The Balaban J connectivity index is 2.33. The number of amides is 1. The van der Waals surface area contributed by atoms with Crippen molar-refractivity contribution in [3.8, 4) is 0 Å². The Morgan fingerprint density at radius 3 is 2.20 bits per heavy atom. The van der Waals surface area contributed by atoms with Gasteiger partial charge in [0.25, 0.3) is 15.9 Å². The van der Waals surface area contributed by atoms with E-state index in [4.69, 9.17) is 4.84 Å². The third-order valence-corrected chi connectivity index (χ3v) is 7.08. The highest BCUT2D eigenvalue weighted by Crippen LogP contribution is 2.23. The molecule has 0 spiro atoms. The summed E-state index contributed by atoms with van der Waals surface area (Å²) in [5.74, 6) is -0.190. The molecule has 0 N–H and O–H groups in total. The zero-order valence-electron chi connectivity index (χ0n) is 17.7. The van der Waals surface area contributed by atoms with Crippen molar-refractivity contribution in [2.75, 3.05) is 45.2 Å². The number of likely N-dealkylation sites (N-methyl/N-ethyl adjacent to an activating group) is 1. The van der Waals surface area contributed by atoms with Crippen LogP contribution in [0.1, 0.15) is 24.2 Å². The fourth-order valence-electron chi connectivity index (χ4n) is 2.95. The van der Waals surface area contributed by atoms with E-state index in [2.05, 4.69) is 34.7 Å². The molecule has 0 bridgehead atoms. The van der Waals surface area contributed by atoms with Gasteiger partial charge >= 0.3 is 0 Å². The lowest BCUT2D eigenvalue weighted by Crippen LogP contribution is -2.39. The summed E-state index contributed by atoms with van der Waals surface area (Å²) in [6.45, 7) is 7.23. The molecule has 2 rings (SSSR count). The molecule has 0 heterocycles. The predicted octanol–water partition coefficient (Wildman–Crippen LogP) is 3.62. The molecule has 7 nitrogen and oxygen atoms in total. The van der Waals surface area contributed by atoms with E-state index in [0.717, 1.165) is 34.3 Å². The Labute approximate surface area is 187 Å².